The molecule has 27 heavy (non-hydrogen) atoms. The summed E-state index contributed by atoms with van der Waals surface area (Å²) in [6, 6.07) is 9.39. The molecule has 4 rings (SSSR count). The Kier molecular flexibility index (Phi) is 4.37. The zero-order valence-electron chi connectivity index (χ0n) is 16.0. The normalized spacial score (nSPS) is 24.3. The molecule has 0 aromatic heterocycles. The first-order valence-electron chi connectivity index (χ1n) is 9.57. The Morgan fingerprint density at radius 1 is 1.00 bits per heavy atom. The Hall–Kier alpha value is -2.83. The molecule has 1 aromatic rings. The van der Waals surface area contributed by atoms with Gasteiger partial charge >= 0.3 is 6.03 Å². The van der Waals surface area contributed by atoms with Crippen LogP contribution < -0.4 is 0 Å². The lowest BCUT2D eigenvalue weighted by molar-refractivity contribution is -0.136. The molecule has 0 spiro atoms. The van der Waals surface area contributed by atoms with Crippen LogP contribution in [0.4, 0.5) is 4.79 Å². The van der Waals surface area contributed by atoms with Crippen molar-refractivity contribution in [2.75, 3.05) is 20.1 Å². The molecule has 0 N–H and O–H groups in total. The van der Waals surface area contributed by atoms with Crippen LogP contribution in [0.3, 0.4) is 0 Å². The lowest BCUT2D eigenvalue weighted by Crippen LogP contribution is -2.64. The Morgan fingerprint density at radius 3 is 2.33 bits per heavy atom. The van der Waals surface area contributed by atoms with Crippen LogP contribution in [0.2, 0.25) is 0 Å². The van der Waals surface area contributed by atoms with E-state index in [4.69, 9.17) is 4.99 Å². The molecule has 3 heterocycles. The summed E-state index contributed by atoms with van der Waals surface area (Å²) in [5.74, 6) is 0.600. The second kappa shape index (κ2) is 6.72. The molecule has 0 bridgehead atoms. The molecule has 3 aliphatic heterocycles. The summed E-state index contributed by atoms with van der Waals surface area (Å²) in [5, 5.41) is 0. The van der Waals surface area contributed by atoms with Crippen LogP contribution in [0.15, 0.2) is 41.5 Å². The van der Waals surface area contributed by atoms with Gasteiger partial charge in [0.15, 0.2) is 12.2 Å². The average Bonchev–Trinajstić information content (AvgIpc) is 3.22. The van der Waals surface area contributed by atoms with Gasteiger partial charge in [0, 0.05) is 26.3 Å². The van der Waals surface area contributed by atoms with Gasteiger partial charge in [-0.15, -0.1) is 0 Å². The highest BCUT2D eigenvalue weighted by Gasteiger charge is 2.54. The third kappa shape index (κ3) is 2.60. The van der Waals surface area contributed by atoms with Crippen molar-refractivity contribution in [2.45, 2.75) is 38.9 Å². The van der Waals surface area contributed by atoms with E-state index < -0.39 is 12.2 Å². The maximum atomic E-state index is 13.1. The first-order chi connectivity index (χ1) is 13.1. The van der Waals surface area contributed by atoms with Gasteiger partial charge in [-0.3, -0.25) is 9.69 Å². The minimum absolute atomic E-state index is 0.161. The van der Waals surface area contributed by atoms with E-state index in [9.17, 15) is 9.59 Å². The van der Waals surface area contributed by atoms with Crippen molar-refractivity contribution in [3.63, 3.8) is 0 Å². The number of likely N-dealkylation sites (N-methyl/N-ethyl adjacent to an activating group) is 1. The highest BCUT2D eigenvalue weighted by Crippen LogP contribution is 2.37. The van der Waals surface area contributed by atoms with Gasteiger partial charge in [0.25, 0.3) is 5.91 Å². The number of hydrogen-bond acceptors (Lipinski definition) is 5. The predicted octanol–water partition coefficient (Wildman–Crippen LogP) is 2.38. The van der Waals surface area contributed by atoms with Crippen molar-refractivity contribution in [3.05, 3.63) is 42.1 Å². The highest BCUT2D eigenvalue weighted by molar-refractivity contribution is 6.06. The SMILES string of the molecule is CCCN1C(=O)C2C(N=C3N(CCC)C(c4ccccc4)=CN32)N(C)C1=O. The van der Waals surface area contributed by atoms with Crippen LogP contribution in [-0.4, -0.2) is 69.8 Å². The zero-order valence-corrected chi connectivity index (χ0v) is 16.0. The lowest BCUT2D eigenvalue weighted by atomic mass is 10.1. The summed E-state index contributed by atoms with van der Waals surface area (Å²) < 4.78 is 0. The van der Waals surface area contributed by atoms with E-state index in [-0.39, 0.29) is 11.9 Å². The Labute approximate surface area is 159 Å². The first-order valence-corrected chi connectivity index (χ1v) is 9.57. The topological polar surface area (TPSA) is 59.5 Å². The lowest BCUT2D eigenvalue weighted by Gasteiger charge is -2.40. The fraction of sp³-hybridized carbons (Fsp3) is 0.450. The molecule has 0 aliphatic carbocycles. The maximum absolute atomic E-state index is 13.1. The van der Waals surface area contributed by atoms with Crippen molar-refractivity contribution in [2.24, 2.45) is 4.99 Å². The number of urea groups is 1. The largest absolute Gasteiger partial charge is 0.328 e. The van der Waals surface area contributed by atoms with E-state index in [1.54, 1.807) is 11.9 Å². The van der Waals surface area contributed by atoms with Crippen LogP contribution in [0.1, 0.15) is 32.3 Å². The van der Waals surface area contributed by atoms with Crippen LogP contribution in [0.5, 0.6) is 0 Å². The van der Waals surface area contributed by atoms with E-state index in [1.807, 2.05) is 36.2 Å². The molecule has 3 aliphatic rings. The molecule has 2 atom stereocenters. The number of nitrogens with zero attached hydrogens (tertiary/aromatic N) is 5. The molecule has 2 unspecified atom stereocenters. The summed E-state index contributed by atoms with van der Waals surface area (Å²) in [4.78, 5) is 37.6. The average molecular weight is 367 g/mol. The molecule has 142 valence electrons. The standard InChI is InChI=1S/C20H25N5O2/c1-4-11-23-15(14-9-7-6-8-10-14)13-25-16-17(21-19(23)25)22(3)20(27)24(12-5-2)18(16)26/h6-10,13,16-17H,4-5,11-12H2,1-3H3. The Balaban J connectivity index is 1.73. The zero-order chi connectivity index (χ0) is 19.1. The molecular weight excluding hydrogens is 342 g/mol. The number of carbonyl (C=O) groups excluding carboxylic acids is 2. The van der Waals surface area contributed by atoms with E-state index in [0.717, 1.165) is 36.6 Å². The van der Waals surface area contributed by atoms with Gasteiger partial charge in [-0.2, -0.15) is 0 Å². The molecule has 0 radical (unpaired) electrons. The Bertz CT molecular complexity index is 819. The van der Waals surface area contributed by atoms with E-state index >= 15 is 0 Å². The van der Waals surface area contributed by atoms with Crippen molar-refractivity contribution in [3.8, 4) is 0 Å². The predicted molar refractivity (Wildman–Crippen MR) is 103 cm³/mol. The number of imide groups is 1. The van der Waals surface area contributed by atoms with Gasteiger partial charge in [-0.05, 0) is 18.4 Å². The van der Waals surface area contributed by atoms with Crippen LogP contribution in [0.25, 0.3) is 5.70 Å². The molecular formula is C20H25N5O2. The summed E-state index contributed by atoms with van der Waals surface area (Å²) in [6.45, 7) is 5.33. The smallest absolute Gasteiger partial charge is 0.310 e. The molecule has 1 saturated heterocycles. The summed E-state index contributed by atoms with van der Waals surface area (Å²) in [7, 11) is 1.73. The summed E-state index contributed by atoms with van der Waals surface area (Å²) in [6.07, 6.45) is 3.24. The third-order valence-corrected chi connectivity index (χ3v) is 5.27. The van der Waals surface area contributed by atoms with Gasteiger partial charge in [-0.25, -0.2) is 9.79 Å². The van der Waals surface area contributed by atoms with Crippen LogP contribution in [0, 0.1) is 0 Å². The van der Waals surface area contributed by atoms with Crippen molar-refractivity contribution in [1.82, 2.24) is 19.6 Å². The van der Waals surface area contributed by atoms with Crippen molar-refractivity contribution in [1.29, 1.82) is 0 Å². The monoisotopic (exact) mass is 367 g/mol. The summed E-state index contributed by atoms with van der Waals surface area (Å²) >= 11 is 0. The second-order valence-corrected chi connectivity index (χ2v) is 7.11. The molecule has 3 amide bonds. The second-order valence-electron chi connectivity index (χ2n) is 7.11. The molecule has 1 fully saturated rings. The highest BCUT2D eigenvalue weighted by atomic mass is 16.2. The quantitative estimate of drug-likeness (QED) is 0.802. The Morgan fingerprint density at radius 2 is 1.67 bits per heavy atom. The fourth-order valence-electron chi connectivity index (χ4n) is 4.00. The van der Waals surface area contributed by atoms with Crippen LogP contribution in [-0.2, 0) is 4.79 Å². The minimum Gasteiger partial charge on any atom is -0.310 e. The molecule has 7 heteroatoms. The van der Waals surface area contributed by atoms with Crippen molar-refractivity contribution < 1.29 is 9.59 Å². The van der Waals surface area contributed by atoms with Gasteiger partial charge in [0.05, 0.1) is 5.70 Å². The van der Waals surface area contributed by atoms with Gasteiger partial charge in [0.2, 0.25) is 5.96 Å². The molecule has 0 saturated carbocycles. The third-order valence-electron chi connectivity index (χ3n) is 5.27. The number of hydrogen-bond donors (Lipinski definition) is 0. The van der Waals surface area contributed by atoms with Crippen molar-refractivity contribution >= 4 is 23.6 Å². The maximum Gasteiger partial charge on any atom is 0.328 e. The van der Waals surface area contributed by atoms with E-state index in [0.29, 0.717) is 6.54 Å². The number of guanidine groups is 1. The number of aliphatic imine (C=N–C) groups is 1. The number of benzene rings is 1. The van der Waals surface area contributed by atoms with E-state index in [2.05, 4.69) is 24.0 Å². The first kappa shape index (κ1) is 17.6. The van der Waals surface area contributed by atoms with Gasteiger partial charge in [0.1, 0.15) is 0 Å². The number of rotatable bonds is 5. The van der Waals surface area contributed by atoms with Crippen LogP contribution >= 0.6 is 0 Å². The van der Waals surface area contributed by atoms with Gasteiger partial charge < -0.3 is 14.7 Å². The summed E-state index contributed by atoms with van der Waals surface area (Å²) in [5.41, 5.74) is 2.14. The fourth-order valence-corrected chi connectivity index (χ4v) is 4.00. The number of fused-ring (bicyclic) bond motifs is 3. The number of amides is 3. The number of carbonyl (C=O) groups is 2. The molecule has 7 nitrogen and oxygen atoms in total. The van der Waals surface area contributed by atoms with Gasteiger partial charge in [-0.1, -0.05) is 44.2 Å². The van der Waals surface area contributed by atoms with E-state index in [1.165, 1.54) is 4.90 Å². The minimum atomic E-state index is -0.491. The molecule has 1 aromatic carbocycles.